The Morgan fingerprint density at radius 3 is 2.61 bits per heavy atom. The lowest BCUT2D eigenvalue weighted by molar-refractivity contribution is 0.256. The number of carbonyl (C=O) groups is 1. The van der Waals surface area contributed by atoms with E-state index in [4.69, 9.17) is 0 Å². The summed E-state index contributed by atoms with van der Waals surface area (Å²) in [6.07, 6.45) is 2.67. The molecule has 0 spiro atoms. The zero-order chi connectivity index (χ0) is 22.2. The number of fused-ring (bicyclic) bond motifs is 1. The van der Waals surface area contributed by atoms with Crippen molar-refractivity contribution in [3.63, 3.8) is 0 Å². The zero-order valence-electron chi connectivity index (χ0n) is 15.9. The molecule has 4 aromatic rings. The molecule has 2 N–H and O–H groups in total. The molecule has 1 aromatic carbocycles. The van der Waals surface area contributed by atoms with E-state index in [0.717, 1.165) is 16.2 Å². The van der Waals surface area contributed by atoms with Gasteiger partial charge in [-0.2, -0.15) is 0 Å². The number of aromatic nitrogens is 3. The van der Waals surface area contributed by atoms with Crippen LogP contribution in [0.2, 0.25) is 0 Å². The number of pyridine rings is 1. The Balaban J connectivity index is 1.52. The van der Waals surface area contributed by atoms with Crippen LogP contribution in [-0.4, -0.2) is 29.0 Å². The molecule has 31 heavy (non-hydrogen) atoms. The summed E-state index contributed by atoms with van der Waals surface area (Å²) in [5.74, 6) is 0.289. The number of carbonyl (C=O) groups excluding carboxylic acids is 1. The number of anilines is 1. The third kappa shape index (κ3) is 4.45. The van der Waals surface area contributed by atoms with E-state index >= 15 is 0 Å². The molecule has 0 saturated carbocycles. The minimum atomic E-state index is -3.96. The number of thiol groups is 1. The van der Waals surface area contributed by atoms with E-state index in [1.165, 1.54) is 35.3 Å². The molecule has 0 aliphatic carbocycles. The molecule has 0 saturated heterocycles. The van der Waals surface area contributed by atoms with Crippen molar-refractivity contribution in [2.24, 2.45) is 0 Å². The molecular formula is C19H15N5O4S3. The summed E-state index contributed by atoms with van der Waals surface area (Å²) in [4.78, 5) is 34.7. The van der Waals surface area contributed by atoms with E-state index in [1.54, 1.807) is 31.2 Å². The van der Waals surface area contributed by atoms with Crippen LogP contribution in [0.5, 0.6) is 0 Å². The lowest BCUT2D eigenvalue weighted by Crippen LogP contribution is -2.34. The monoisotopic (exact) mass is 473 g/mol. The van der Waals surface area contributed by atoms with Crippen LogP contribution < -0.4 is 15.6 Å². The van der Waals surface area contributed by atoms with Gasteiger partial charge in [0, 0.05) is 9.77 Å². The van der Waals surface area contributed by atoms with Crippen LogP contribution in [0, 0.1) is 6.92 Å². The van der Waals surface area contributed by atoms with Crippen molar-refractivity contribution >= 4 is 56.6 Å². The van der Waals surface area contributed by atoms with Gasteiger partial charge in [0.05, 0.1) is 22.8 Å². The average Bonchev–Trinajstić information content (AvgIpc) is 3.16. The Morgan fingerprint density at radius 1 is 1.13 bits per heavy atom. The van der Waals surface area contributed by atoms with Crippen LogP contribution in [0.1, 0.15) is 4.88 Å². The van der Waals surface area contributed by atoms with Gasteiger partial charge in [-0.3, -0.25) is 9.36 Å². The third-order valence-corrected chi connectivity index (χ3v) is 7.30. The highest BCUT2D eigenvalue weighted by atomic mass is 32.2. The van der Waals surface area contributed by atoms with Crippen LogP contribution in [0.15, 0.2) is 68.9 Å². The lowest BCUT2D eigenvalue weighted by atomic mass is 10.2. The van der Waals surface area contributed by atoms with Gasteiger partial charge in [-0.05, 0) is 49.4 Å². The molecule has 12 heteroatoms. The van der Waals surface area contributed by atoms with E-state index in [1.807, 2.05) is 4.72 Å². The molecule has 3 heterocycles. The molecule has 2 amide bonds. The fourth-order valence-electron chi connectivity index (χ4n) is 2.76. The highest BCUT2D eigenvalue weighted by Gasteiger charge is 2.19. The highest BCUT2D eigenvalue weighted by Crippen LogP contribution is 2.20. The van der Waals surface area contributed by atoms with Crippen molar-refractivity contribution in [3.05, 3.63) is 70.2 Å². The predicted octanol–water partition coefficient (Wildman–Crippen LogP) is 2.95. The molecule has 9 nitrogen and oxygen atoms in total. The second kappa shape index (κ2) is 8.13. The summed E-state index contributed by atoms with van der Waals surface area (Å²) in [6.45, 7) is 1.77. The molecule has 0 fully saturated rings. The first-order valence-corrected chi connectivity index (χ1v) is 11.5. The smallest absolute Gasteiger partial charge is 0.306 e. The number of urea groups is 1. The summed E-state index contributed by atoms with van der Waals surface area (Å²) in [5.41, 5.74) is 0.471. The Hall–Kier alpha value is -3.22. The van der Waals surface area contributed by atoms with Crippen molar-refractivity contribution in [2.45, 2.75) is 16.0 Å². The standard InChI is InChI=1S/C19H15N5O4S3/c1-11-2-7-17(30-11)31(27,28)23-19(26)22-12-3-6-16(20-9-12)24-10-21-15-5-4-13(29)8-14(15)18(24)25/h2-10,29H,1H3,(H2,22,23,26). The van der Waals surface area contributed by atoms with Crippen molar-refractivity contribution < 1.29 is 13.2 Å². The van der Waals surface area contributed by atoms with Crippen LogP contribution in [0.3, 0.4) is 0 Å². The SMILES string of the molecule is Cc1ccc(S(=O)(=O)NC(=O)Nc2ccc(-n3cnc4ccc(S)cc4c3=O)nc2)s1. The van der Waals surface area contributed by atoms with E-state index in [2.05, 4.69) is 27.9 Å². The maximum absolute atomic E-state index is 12.7. The van der Waals surface area contributed by atoms with Gasteiger partial charge in [-0.15, -0.1) is 24.0 Å². The number of aryl methyl sites for hydroxylation is 1. The summed E-state index contributed by atoms with van der Waals surface area (Å²) in [7, 11) is -3.96. The van der Waals surface area contributed by atoms with Gasteiger partial charge in [-0.1, -0.05) is 0 Å². The second-order valence-electron chi connectivity index (χ2n) is 6.45. The zero-order valence-corrected chi connectivity index (χ0v) is 18.5. The van der Waals surface area contributed by atoms with Crippen molar-refractivity contribution in [1.82, 2.24) is 19.3 Å². The maximum atomic E-state index is 12.7. The second-order valence-corrected chi connectivity index (χ2v) is 10.2. The Labute approximate surface area is 186 Å². The molecule has 0 unspecified atom stereocenters. The Bertz CT molecular complexity index is 1460. The number of rotatable bonds is 4. The normalized spacial score (nSPS) is 11.4. The van der Waals surface area contributed by atoms with Crippen LogP contribution in [-0.2, 0) is 10.0 Å². The highest BCUT2D eigenvalue weighted by molar-refractivity contribution is 7.92. The fourth-order valence-corrected chi connectivity index (χ4v) is 5.16. The van der Waals surface area contributed by atoms with Crippen LogP contribution in [0.25, 0.3) is 16.7 Å². The predicted molar refractivity (Wildman–Crippen MR) is 121 cm³/mol. The first-order chi connectivity index (χ1) is 14.7. The van der Waals surface area contributed by atoms with E-state index in [-0.39, 0.29) is 21.3 Å². The first kappa shape index (κ1) is 21.0. The van der Waals surface area contributed by atoms with Gasteiger partial charge in [-0.25, -0.2) is 27.9 Å². The summed E-state index contributed by atoms with van der Waals surface area (Å²) in [5, 5.41) is 2.80. The Morgan fingerprint density at radius 2 is 1.94 bits per heavy atom. The topological polar surface area (TPSA) is 123 Å². The summed E-state index contributed by atoms with van der Waals surface area (Å²) < 4.78 is 27.7. The molecule has 0 radical (unpaired) electrons. The summed E-state index contributed by atoms with van der Waals surface area (Å²) in [6, 6.07) is 10.2. The number of nitrogens with one attached hydrogen (secondary N) is 2. The number of amides is 2. The number of benzene rings is 1. The molecule has 158 valence electrons. The van der Waals surface area contributed by atoms with Gasteiger partial charge >= 0.3 is 6.03 Å². The molecule has 0 atom stereocenters. The van der Waals surface area contributed by atoms with Gasteiger partial charge in [0.25, 0.3) is 15.6 Å². The molecular weight excluding hydrogens is 458 g/mol. The molecule has 0 aliphatic rings. The van der Waals surface area contributed by atoms with Gasteiger partial charge in [0.15, 0.2) is 0 Å². The van der Waals surface area contributed by atoms with Gasteiger partial charge in [0.2, 0.25) is 0 Å². The summed E-state index contributed by atoms with van der Waals surface area (Å²) >= 11 is 5.31. The van der Waals surface area contributed by atoms with E-state index < -0.39 is 16.1 Å². The molecule has 0 bridgehead atoms. The minimum Gasteiger partial charge on any atom is -0.306 e. The quantitative estimate of drug-likeness (QED) is 0.392. The number of thiophene rings is 1. The van der Waals surface area contributed by atoms with Crippen LogP contribution in [0.4, 0.5) is 10.5 Å². The molecule has 0 aliphatic heterocycles. The van der Waals surface area contributed by atoms with Gasteiger partial charge in [0.1, 0.15) is 16.4 Å². The number of sulfonamides is 1. The van der Waals surface area contributed by atoms with E-state index in [0.29, 0.717) is 15.8 Å². The third-order valence-electron chi connectivity index (χ3n) is 4.20. The van der Waals surface area contributed by atoms with Gasteiger partial charge < -0.3 is 5.32 Å². The maximum Gasteiger partial charge on any atom is 0.333 e. The van der Waals surface area contributed by atoms with E-state index in [9.17, 15) is 18.0 Å². The molecule has 3 aromatic heterocycles. The molecule has 4 rings (SSSR count). The van der Waals surface area contributed by atoms with Crippen LogP contribution >= 0.6 is 24.0 Å². The Kier molecular flexibility index (Phi) is 5.52. The lowest BCUT2D eigenvalue weighted by Gasteiger charge is -2.09. The number of hydrogen-bond acceptors (Lipinski definition) is 8. The minimum absolute atomic E-state index is 0.0428. The number of hydrogen-bond donors (Lipinski definition) is 3. The first-order valence-electron chi connectivity index (χ1n) is 8.80. The fraction of sp³-hybridized carbons (Fsp3) is 0.0526. The van der Waals surface area contributed by atoms with Crippen molar-refractivity contribution in [2.75, 3.05) is 5.32 Å². The van der Waals surface area contributed by atoms with Crippen molar-refractivity contribution in [3.8, 4) is 5.82 Å². The number of nitrogens with zero attached hydrogens (tertiary/aromatic N) is 3. The largest absolute Gasteiger partial charge is 0.333 e. The average molecular weight is 474 g/mol. The van der Waals surface area contributed by atoms with Crippen molar-refractivity contribution in [1.29, 1.82) is 0 Å².